The van der Waals surface area contributed by atoms with Crippen molar-refractivity contribution >= 4 is 0 Å². The molecule has 0 radical (unpaired) electrons. The van der Waals surface area contributed by atoms with Crippen LogP contribution in [0.2, 0.25) is 0 Å². The van der Waals surface area contributed by atoms with E-state index in [1.807, 2.05) is 0 Å². The Morgan fingerprint density at radius 2 is 1.76 bits per heavy atom. The first kappa shape index (κ1) is 16.5. The summed E-state index contributed by atoms with van der Waals surface area (Å²) in [6.07, 6.45) is 1.77. The molecule has 1 aromatic carbocycles. The fourth-order valence-corrected chi connectivity index (χ4v) is 3.21. The summed E-state index contributed by atoms with van der Waals surface area (Å²) in [5.74, 6) is 0. The lowest BCUT2D eigenvalue weighted by molar-refractivity contribution is -0.0699. The molecule has 118 valence electrons. The first-order valence-corrected chi connectivity index (χ1v) is 8.32. The molecule has 1 heterocycles. The Kier molecular flexibility index (Phi) is 6.22. The van der Waals surface area contributed by atoms with Crippen LogP contribution in [-0.4, -0.2) is 43.3 Å². The van der Waals surface area contributed by atoms with E-state index < -0.39 is 0 Å². The van der Waals surface area contributed by atoms with Crippen LogP contribution < -0.4 is 5.32 Å². The number of hydrogen-bond acceptors (Lipinski definition) is 3. The summed E-state index contributed by atoms with van der Waals surface area (Å²) in [5.41, 5.74) is 2.79. The van der Waals surface area contributed by atoms with E-state index >= 15 is 0 Å². The summed E-state index contributed by atoms with van der Waals surface area (Å²) in [5, 5.41) is 3.63. The van der Waals surface area contributed by atoms with Crippen LogP contribution in [0, 0.1) is 0 Å². The molecular weight excluding hydrogens is 260 g/mol. The van der Waals surface area contributed by atoms with Crippen molar-refractivity contribution in [2.45, 2.75) is 52.4 Å². The number of nitrogens with zero attached hydrogens (tertiary/aromatic N) is 1. The zero-order valence-electron chi connectivity index (χ0n) is 13.9. The van der Waals surface area contributed by atoms with E-state index in [-0.39, 0.29) is 0 Å². The largest absolute Gasteiger partial charge is 0.373 e. The van der Waals surface area contributed by atoms with Gasteiger partial charge in [0.15, 0.2) is 0 Å². The molecule has 3 heteroatoms. The van der Waals surface area contributed by atoms with Gasteiger partial charge in [0, 0.05) is 25.7 Å². The van der Waals surface area contributed by atoms with Crippen molar-refractivity contribution in [3.05, 3.63) is 35.4 Å². The van der Waals surface area contributed by atoms with Gasteiger partial charge in [0.25, 0.3) is 0 Å². The van der Waals surface area contributed by atoms with Crippen molar-refractivity contribution in [2.75, 3.05) is 26.2 Å². The normalized spacial score (nSPS) is 25.0. The minimum absolute atomic E-state index is 0.332. The van der Waals surface area contributed by atoms with E-state index in [0.29, 0.717) is 18.2 Å². The van der Waals surface area contributed by atoms with Crippen LogP contribution in [0.15, 0.2) is 24.3 Å². The Labute approximate surface area is 129 Å². The highest BCUT2D eigenvalue weighted by Gasteiger charge is 2.24. The minimum atomic E-state index is 0.332. The van der Waals surface area contributed by atoms with E-state index in [4.69, 9.17) is 4.74 Å². The number of likely N-dealkylation sites (N-methyl/N-ethyl adjacent to an activating group) is 1. The van der Waals surface area contributed by atoms with Crippen LogP contribution in [0.1, 0.15) is 44.9 Å². The highest BCUT2D eigenvalue weighted by Crippen LogP contribution is 2.19. The monoisotopic (exact) mass is 290 g/mol. The number of morpholine rings is 1. The SMILES string of the molecule is CCNC(CN1CC(C)OC(C)C1)c1ccc(CC)cc1. The van der Waals surface area contributed by atoms with Crippen LogP contribution in [0.25, 0.3) is 0 Å². The van der Waals surface area contributed by atoms with Crippen molar-refractivity contribution in [3.8, 4) is 0 Å². The molecule has 1 aliphatic rings. The Morgan fingerprint density at radius 1 is 1.14 bits per heavy atom. The molecule has 0 bridgehead atoms. The Bertz CT molecular complexity index is 408. The molecule has 3 atom stereocenters. The second kappa shape index (κ2) is 7.92. The molecule has 1 N–H and O–H groups in total. The van der Waals surface area contributed by atoms with Crippen molar-refractivity contribution in [2.24, 2.45) is 0 Å². The fraction of sp³-hybridized carbons (Fsp3) is 0.667. The van der Waals surface area contributed by atoms with Gasteiger partial charge in [-0.1, -0.05) is 38.1 Å². The highest BCUT2D eigenvalue weighted by atomic mass is 16.5. The van der Waals surface area contributed by atoms with Crippen LogP contribution in [0.4, 0.5) is 0 Å². The maximum Gasteiger partial charge on any atom is 0.0678 e. The average molecular weight is 290 g/mol. The highest BCUT2D eigenvalue weighted by molar-refractivity contribution is 5.25. The van der Waals surface area contributed by atoms with Gasteiger partial charge in [-0.05, 0) is 37.9 Å². The predicted octanol–water partition coefficient (Wildman–Crippen LogP) is 3.01. The third-order valence-corrected chi connectivity index (χ3v) is 4.18. The number of nitrogens with one attached hydrogen (secondary N) is 1. The number of ether oxygens (including phenoxy) is 1. The molecule has 21 heavy (non-hydrogen) atoms. The maximum absolute atomic E-state index is 5.83. The average Bonchev–Trinajstić information content (AvgIpc) is 2.46. The molecule has 1 aliphatic heterocycles. The zero-order valence-corrected chi connectivity index (χ0v) is 13.9. The van der Waals surface area contributed by atoms with Gasteiger partial charge < -0.3 is 10.1 Å². The van der Waals surface area contributed by atoms with Gasteiger partial charge in [-0.2, -0.15) is 0 Å². The van der Waals surface area contributed by atoms with Gasteiger partial charge in [-0.3, -0.25) is 4.90 Å². The van der Waals surface area contributed by atoms with E-state index in [2.05, 4.69) is 62.2 Å². The van der Waals surface area contributed by atoms with E-state index in [1.54, 1.807) is 0 Å². The lowest BCUT2D eigenvalue weighted by Gasteiger charge is -2.37. The Hall–Kier alpha value is -0.900. The van der Waals surface area contributed by atoms with Gasteiger partial charge in [0.1, 0.15) is 0 Å². The molecule has 3 unspecified atom stereocenters. The Morgan fingerprint density at radius 3 is 2.29 bits per heavy atom. The van der Waals surface area contributed by atoms with Crippen molar-refractivity contribution < 1.29 is 4.74 Å². The molecule has 1 aromatic rings. The Balaban J connectivity index is 2.03. The predicted molar refractivity (Wildman–Crippen MR) is 88.7 cm³/mol. The third kappa shape index (κ3) is 4.80. The summed E-state index contributed by atoms with van der Waals surface area (Å²) in [6, 6.07) is 9.46. The van der Waals surface area contributed by atoms with Crippen molar-refractivity contribution in [1.29, 1.82) is 0 Å². The summed E-state index contributed by atoms with van der Waals surface area (Å²) < 4.78 is 5.83. The molecule has 0 saturated carbocycles. The van der Waals surface area contributed by atoms with Gasteiger partial charge in [-0.25, -0.2) is 0 Å². The summed E-state index contributed by atoms with van der Waals surface area (Å²) >= 11 is 0. The lowest BCUT2D eigenvalue weighted by Crippen LogP contribution is -2.48. The standard InChI is InChI=1S/C18H30N2O/c1-5-16-7-9-17(10-8-16)18(19-6-2)13-20-11-14(3)21-15(4)12-20/h7-10,14-15,18-19H,5-6,11-13H2,1-4H3. The number of aryl methyl sites for hydroxylation is 1. The molecule has 3 nitrogen and oxygen atoms in total. The summed E-state index contributed by atoms with van der Waals surface area (Å²) in [4.78, 5) is 2.53. The van der Waals surface area contributed by atoms with E-state index in [1.165, 1.54) is 11.1 Å². The van der Waals surface area contributed by atoms with Crippen LogP contribution in [0.5, 0.6) is 0 Å². The molecule has 0 aromatic heterocycles. The van der Waals surface area contributed by atoms with Crippen LogP contribution in [0.3, 0.4) is 0 Å². The number of rotatable bonds is 6. The quantitative estimate of drug-likeness (QED) is 0.871. The second-order valence-corrected chi connectivity index (χ2v) is 6.18. The molecular formula is C18H30N2O. The summed E-state index contributed by atoms with van der Waals surface area (Å²) in [7, 11) is 0. The van der Waals surface area contributed by atoms with Crippen molar-refractivity contribution in [1.82, 2.24) is 10.2 Å². The van der Waals surface area contributed by atoms with Crippen LogP contribution in [-0.2, 0) is 11.2 Å². The third-order valence-electron chi connectivity index (χ3n) is 4.18. The second-order valence-electron chi connectivity index (χ2n) is 6.18. The fourth-order valence-electron chi connectivity index (χ4n) is 3.21. The van der Waals surface area contributed by atoms with E-state index in [0.717, 1.165) is 32.6 Å². The minimum Gasteiger partial charge on any atom is -0.373 e. The number of hydrogen-bond donors (Lipinski definition) is 1. The van der Waals surface area contributed by atoms with Gasteiger partial charge in [0.2, 0.25) is 0 Å². The molecule has 0 amide bonds. The summed E-state index contributed by atoms with van der Waals surface area (Å²) in [6.45, 7) is 12.8. The molecule has 2 rings (SSSR count). The lowest BCUT2D eigenvalue weighted by atomic mass is 10.0. The zero-order chi connectivity index (χ0) is 15.2. The first-order chi connectivity index (χ1) is 10.1. The smallest absolute Gasteiger partial charge is 0.0678 e. The first-order valence-electron chi connectivity index (χ1n) is 8.32. The molecule has 1 fully saturated rings. The van der Waals surface area contributed by atoms with Gasteiger partial charge in [0.05, 0.1) is 12.2 Å². The molecule has 0 aliphatic carbocycles. The van der Waals surface area contributed by atoms with Crippen molar-refractivity contribution in [3.63, 3.8) is 0 Å². The van der Waals surface area contributed by atoms with E-state index in [9.17, 15) is 0 Å². The molecule has 0 spiro atoms. The molecule has 1 saturated heterocycles. The van der Waals surface area contributed by atoms with Crippen LogP contribution >= 0.6 is 0 Å². The number of benzene rings is 1. The topological polar surface area (TPSA) is 24.5 Å². The van der Waals surface area contributed by atoms with Gasteiger partial charge in [-0.15, -0.1) is 0 Å². The maximum atomic E-state index is 5.83. The van der Waals surface area contributed by atoms with Gasteiger partial charge >= 0.3 is 0 Å².